The molecule has 0 fully saturated rings. The van der Waals surface area contributed by atoms with E-state index in [2.05, 4.69) is 4.72 Å². The van der Waals surface area contributed by atoms with Gasteiger partial charge in [-0.3, -0.25) is 9.52 Å². The van der Waals surface area contributed by atoms with Gasteiger partial charge in [-0.05, 0) is 54.0 Å². The summed E-state index contributed by atoms with van der Waals surface area (Å²) >= 11 is 0. The molecular formula is C24H22N2O4S. The van der Waals surface area contributed by atoms with E-state index in [4.69, 9.17) is 4.74 Å². The lowest BCUT2D eigenvalue weighted by molar-refractivity contribution is -0.114. The molecule has 0 unspecified atom stereocenters. The molecule has 7 heteroatoms. The molecule has 31 heavy (non-hydrogen) atoms. The minimum absolute atomic E-state index is 0.0977. The first-order valence-electron chi connectivity index (χ1n) is 9.81. The second-order valence-corrected chi connectivity index (χ2v) is 8.76. The Balaban J connectivity index is 1.46. The number of sulfonamides is 1. The van der Waals surface area contributed by atoms with Gasteiger partial charge >= 0.3 is 0 Å². The number of benzene rings is 3. The van der Waals surface area contributed by atoms with Gasteiger partial charge in [-0.25, -0.2) is 8.42 Å². The number of anilines is 2. The molecule has 0 saturated heterocycles. The van der Waals surface area contributed by atoms with Gasteiger partial charge in [0.1, 0.15) is 5.75 Å². The number of nitrogens with one attached hydrogen (secondary N) is 1. The van der Waals surface area contributed by atoms with E-state index >= 15 is 0 Å². The largest absolute Gasteiger partial charge is 0.495 e. The smallest absolute Gasteiger partial charge is 0.262 e. The van der Waals surface area contributed by atoms with Gasteiger partial charge in [0.05, 0.1) is 17.7 Å². The fourth-order valence-corrected chi connectivity index (χ4v) is 4.59. The number of amides is 1. The Labute approximate surface area is 181 Å². The van der Waals surface area contributed by atoms with Crippen molar-refractivity contribution in [2.24, 2.45) is 0 Å². The van der Waals surface area contributed by atoms with Gasteiger partial charge in [-0.15, -0.1) is 0 Å². The number of ether oxygens (including phenoxy) is 1. The predicted octanol–water partition coefficient (Wildman–Crippen LogP) is 4.10. The molecule has 1 heterocycles. The molecule has 158 valence electrons. The van der Waals surface area contributed by atoms with Crippen molar-refractivity contribution in [1.29, 1.82) is 0 Å². The van der Waals surface area contributed by atoms with Crippen molar-refractivity contribution in [2.45, 2.75) is 11.3 Å². The summed E-state index contributed by atoms with van der Waals surface area (Å²) in [6.45, 7) is 0.661. The fourth-order valence-electron chi connectivity index (χ4n) is 3.52. The normalized spacial score (nSPS) is 13.3. The molecule has 0 aromatic heterocycles. The number of carbonyl (C=O) groups excluding carboxylic acids is 1. The van der Waals surface area contributed by atoms with Crippen LogP contribution in [-0.4, -0.2) is 28.0 Å². The third-order valence-corrected chi connectivity index (χ3v) is 6.49. The van der Waals surface area contributed by atoms with Crippen LogP contribution in [0.1, 0.15) is 11.1 Å². The summed E-state index contributed by atoms with van der Waals surface area (Å²) in [6, 6.07) is 21.0. The number of methoxy groups -OCH3 is 1. The van der Waals surface area contributed by atoms with Crippen LogP contribution >= 0.6 is 0 Å². The van der Waals surface area contributed by atoms with Crippen LogP contribution < -0.4 is 14.4 Å². The summed E-state index contributed by atoms with van der Waals surface area (Å²) in [5.41, 5.74) is 3.21. The van der Waals surface area contributed by atoms with Crippen molar-refractivity contribution in [1.82, 2.24) is 0 Å². The van der Waals surface area contributed by atoms with Gasteiger partial charge in [0, 0.05) is 18.3 Å². The van der Waals surface area contributed by atoms with Gasteiger partial charge in [0.2, 0.25) is 0 Å². The zero-order chi connectivity index (χ0) is 21.8. The Morgan fingerprint density at radius 3 is 2.48 bits per heavy atom. The van der Waals surface area contributed by atoms with Crippen LogP contribution in [0.15, 0.2) is 83.8 Å². The first kappa shape index (κ1) is 20.7. The minimum atomic E-state index is -3.77. The van der Waals surface area contributed by atoms with Crippen LogP contribution in [0.3, 0.4) is 0 Å². The van der Waals surface area contributed by atoms with Crippen LogP contribution in [-0.2, 0) is 21.2 Å². The topological polar surface area (TPSA) is 75.7 Å². The Morgan fingerprint density at radius 1 is 1.00 bits per heavy atom. The lowest BCUT2D eigenvalue weighted by Gasteiger charge is -2.14. The highest BCUT2D eigenvalue weighted by Crippen LogP contribution is 2.28. The predicted molar refractivity (Wildman–Crippen MR) is 122 cm³/mol. The first-order chi connectivity index (χ1) is 15.0. The molecule has 0 radical (unpaired) electrons. The van der Waals surface area contributed by atoms with Crippen LogP contribution in [0.5, 0.6) is 5.75 Å². The van der Waals surface area contributed by atoms with Gasteiger partial charge in [-0.1, -0.05) is 42.5 Å². The van der Waals surface area contributed by atoms with Crippen LogP contribution in [0, 0.1) is 0 Å². The molecule has 0 aliphatic carbocycles. The number of nitrogens with zero attached hydrogens (tertiary/aromatic N) is 1. The number of rotatable bonds is 6. The molecule has 4 rings (SSSR count). The average molecular weight is 435 g/mol. The molecule has 0 bridgehead atoms. The van der Waals surface area contributed by atoms with E-state index in [1.54, 1.807) is 47.4 Å². The fraction of sp³-hybridized carbons (Fsp3) is 0.125. The highest BCUT2D eigenvalue weighted by molar-refractivity contribution is 7.92. The van der Waals surface area contributed by atoms with Crippen molar-refractivity contribution in [2.75, 3.05) is 23.3 Å². The third kappa shape index (κ3) is 4.46. The molecule has 1 aliphatic heterocycles. The van der Waals surface area contributed by atoms with E-state index in [1.165, 1.54) is 30.9 Å². The number of fused-ring (bicyclic) bond motifs is 1. The monoisotopic (exact) mass is 434 g/mol. The first-order valence-corrected chi connectivity index (χ1v) is 11.3. The van der Waals surface area contributed by atoms with Crippen molar-refractivity contribution in [3.8, 4) is 5.75 Å². The van der Waals surface area contributed by atoms with E-state index in [0.717, 1.165) is 17.7 Å². The van der Waals surface area contributed by atoms with Crippen LogP contribution in [0.4, 0.5) is 11.4 Å². The number of para-hydroxylation sites is 3. The highest BCUT2D eigenvalue weighted by Gasteiger charge is 2.22. The number of carbonyl (C=O) groups is 1. The summed E-state index contributed by atoms with van der Waals surface area (Å²) in [5.74, 6) is 0.340. The number of hydrogen-bond donors (Lipinski definition) is 1. The standard InChI is InChI=1S/C24H22N2O4S/c1-30-23-9-5-3-7-21(23)25-31(28,29)20-13-10-18(11-14-20)12-15-24(27)26-17-16-19-6-2-4-8-22(19)26/h2-15,25H,16-17H2,1H3/b15-12+. The van der Waals surface area contributed by atoms with Crippen molar-refractivity contribution < 1.29 is 17.9 Å². The zero-order valence-corrected chi connectivity index (χ0v) is 17.8. The summed E-state index contributed by atoms with van der Waals surface area (Å²) in [4.78, 5) is 14.5. The molecule has 1 N–H and O–H groups in total. The van der Waals surface area contributed by atoms with E-state index in [9.17, 15) is 13.2 Å². The lowest BCUT2D eigenvalue weighted by atomic mass is 10.2. The zero-order valence-electron chi connectivity index (χ0n) is 17.0. The van der Waals surface area contributed by atoms with Gasteiger partial charge < -0.3 is 9.64 Å². The molecular weight excluding hydrogens is 412 g/mol. The SMILES string of the molecule is COc1ccccc1NS(=O)(=O)c1ccc(/C=C/C(=O)N2CCc3ccccc32)cc1. The molecule has 1 amide bonds. The van der Waals surface area contributed by atoms with E-state index < -0.39 is 10.0 Å². The van der Waals surface area contributed by atoms with Gasteiger partial charge in [-0.2, -0.15) is 0 Å². The number of hydrogen-bond acceptors (Lipinski definition) is 4. The van der Waals surface area contributed by atoms with Gasteiger partial charge in [0.25, 0.3) is 15.9 Å². The summed E-state index contributed by atoms with van der Waals surface area (Å²) in [5, 5.41) is 0. The van der Waals surface area contributed by atoms with Crippen molar-refractivity contribution >= 4 is 33.4 Å². The molecule has 0 saturated carbocycles. The molecule has 0 atom stereocenters. The van der Waals surface area contributed by atoms with Crippen molar-refractivity contribution in [3.63, 3.8) is 0 Å². The Kier molecular flexibility index (Phi) is 5.77. The molecule has 0 spiro atoms. The quantitative estimate of drug-likeness (QED) is 0.593. The van der Waals surface area contributed by atoms with Crippen molar-refractivity contribution in [3.05, 3.63) is 90.0 Å². The van der Waals surface area contributed by atoms with E-state index in [0.29, 0.717) is 18.0 Å². The summed E-state index contributed by atoms with van der Waals surface area (Å²) in [6.07, 6.45) is 4.05. The Hall–Kier alpha value is -3.58. The Morgan fingerprint density at radius 2 is 1.71 bits per heavy atom. The minimum Gasteiger partial charge on any atom is -0.495 e. The molecule has 1 aliphatic rings. The maximum atomic E-state index is 12.7. The summed E-state index contributed by atoms with van der Waals surface area (Å²) < 4.78 is 33.1. The second-order valence-electron chi connectivity index (χ2n) is 7.08. The molecule has 6 nitrogen and oxygen atoms in total. The average Bonchev–Trinajstić information content (AvgIpc) is 3.22. The highest BCUT2D eigenvalue weighted by atomic mass is 32.2. The summed E-state index contributed by atoms with van der Waals surface area (Å²) in [7, 11) is -2.29. The maximum absolute atomic E-state index is 12.7. The molecule has 3 aromatic rings. The van der Waals surface area contributed by atoms with Crippen LogP contribution in [0.2, 0.25) is 0 Å². The Bertz CT molecular complexity index is 1230. The van der Waals surface area contributed by atoms with E-state index in [1.807, 2.05) is 24.3 Å². The van der Waals surface area contributed by atoms with Gasteiger partial charge in [0.15, 0.2) is 0 Å². The van der Waals surface area contributed by atoms with Crippen LogP contribution in [0.25, 0.3) is 6.08 Å². The lowest BCUT2D eigenvalue weighted by Crippen LogP contribution is -2.26. The third-order valence-electron chi connectivity index (χ3n) is 5.11. The maximum Gasteiger partial charge on any atom is 0.262 e. The molecule has 3 aromatic carbocycles. The van der Waals surface area contributed by atoms with E-state index in [-0.39, 0.29) is 10.8 Å². The second kappa shape index (κ2) is 8.65.